The molecule has 6 rings (SSSR count). The van der Waals surface area contributed by atoms with Crippen molar-refractivity contribution < 1.29 is 23.5 Å². The summed E-state index contributed by atoms with van der Waals surface area (Å²) in [5.74, 6) is 2.63. The van der Waals surface area contributed by atoms with Gasteiger partial charge < -0.3 is 14.0 Å². The SMILES string of the molecule is Br.CCCC(=O)OC1C([N+]2(CC)CCCCCC2)C[C@H]2[C@@H]3CCC4CC(OC(C)=O)C(N5CCCCC5)C[C@]4(C)[C@@H]3CC[C@]12C. The highest BCUT2D eigenvalue weighted by Gasteiger charge is 2.67. The molecule has 0 N–H and O–H groups in total. The first-order valence-corrected chi connectivity index (χ1v) is 19.1. The molecule has 258 valence electrons. The van der Waals surface area contributed by atoms with Gasteiger partial charge in [0.05, 0.1) is 19.6 Å². The number of esters is 2. The Morgan fingerprint density at radius 1 is 0.844 bits per heavy atom. The predicted octanol–water partition coefficient (Wildman–Crippen LogP) is 8.10. The minimum Gasteiger partial charge on any atom is -0.461 e. The van der Waals surface area contributed by atoms with Crippen LogP contribution >= 0.6 is 17.0 Å². The van der Waals surface area contributed by atoms with E-state index >= 15 is 0 Å². The summed E-state index contributed by atoms with van der Waals surface area (Å²) in [7, 11) is 0. The Morgan fingerprint density at radius 2 is 1.53 bits per heavy atom. The van der Waals surface area contributed by atoms with Gasteiger partial charge in [-0.2, -0.15) is 0 Å². The van der Waals surface area contributed by atoms with Crippen LogP contribution in [0.3, 0.4) is 0 Å². The number of quaternary nitrogens is 1. The van der Waals surface area contributed by atoms with Crippen molar-refractivity contribution in [2.24, 2.45) is 34.5 Å². The normalized spacial score (nSPS) is 43.0. The van der Waals surface area contributed by atoms with Crippen molar-refractivity contribution in [2.45, 2.75) is 162 Å². The number of fused-ring (bicyclic) bond motifs is 5. The van der Waals surface area contributed by atoms with Crippen molar-refractivity contribution in [3.63, 3.8) is 0 Å². The first-order chi connectivity index (χ1) is 21.1. The minimum absolute atomic E-state index is 0. The molecule has 0 bridgehead atoms. The van der Waals surface area contributed by atoms with Gasteiger partial charge in [0.1, 0.15) is 12.1 Å². The summed E-state index contributed by atoms with van der Waals surface area (Å²) in [6, 6.07) is 0.802. The molecule has 6 nitrogen and oxygen atoms in total. The second-order valence-corrected chi connectivity index (χ2v) is 16.8. The van der Waals surface area contributed by atoms with E-state index in [4.69, 9.17) is 9.47 Å². The van der Waals surface area contributed by atoms with Crippen LogP contribution in [0.25, 0.3) is 0 Å². The Morgan fingerprint density at radius 3 is 2.18 bits per heavy atom. The molecular weight excluding hydrogens is 628 g/mol. The summed E-state index contributed by atoms with van der Waals surface area (Å²) in [6.45, 7) is 17.3. The van der Waals surface area contributed by atoms with E-state index in [2.05, 4.69) is 32.6 Å². The van der Waals surface area contributed by atoms with Crippen molar-refractivity contribution in [3.05, 3.63) is 0 Å². The van der Waals surface area contributed by atoms with Gasteiger partial charge >= 0.3 is 11.9 Å². The van der Waals surface area contributed by atoms with Crippen LogP contribution in [0.2, 0.25) is 0 Å². The van der Waals surface area contributed by atoms with Crippen molar-refractivity contribution in [2.75, 3.05) is 32.7 Å². The molecule has 45 heavy (non-hydrogen) atoms. The van der Waals surface area contributed by atoms with E-state index in [1.165, 1.54) is 101 Å². The van der Waals surface area contributed by atoms with Crippen LogP contribution in [0, 0.1) is 34.5 Å². The van der Waals surface area contributed by atoms with E-state index in [1.807, 2.05) is 0 Å². The van der Waals surface area contributed by atoms with Gasteiger partial charge in [-0.05, 0) is 133 Å². The quantitative estimate of drug-likeness (QED) is 0.199. The Labute approximate surface area is 285 Å². The second-order valence-electron chi connectivity index (χ2n) is 16.8. The maximum Gasteiger partial charge on any atom is 0.306 e. The van der Waals surface area contributed by atoms with E-state index < -0.39 is 0 Å². The number of rotatable bonds is 7. The third kappa shape index (κ3) is 6.55. The highest BCUT2D eigenvalue weighted by Crippen LogP contribution is 2.68. The lowest BCUT2D eigenvalue weighted by Gasteiger charge is -2.62. The first-order valence-electron chi connectivity index (χ1n) is 19.1. The molecule has 0 aromatic carbocycles. The van der Waals surface area contributed by atoms with Crippen LogP contribution < -0.4 is 0 Å². The molecule has 0 amide bonds. The topological polar surface area (TPSA) is 55.8 Å². The number of carbonyl (C=O) groups is 2. The average molecular weight is 695 g/mol. The lowest BCUT2D eigenvalue weighted by atomic mass is 9.44. The lowest BCUT2D eigenvalue weighted by molar-refractivity contribution is -0.951. The van der Waals surface area contributed by atoms with Crippen molar-refractivity contribution in [3.8, 4) is 0 Å². The molecule has 4 saturated carbocycles. The molecule has 5 unspecified atom stereocenters. The van der Waals surface area contributed by atoms with Crippen molar-refractivity contribution >= 4 is 28.9 Å². The second kappa shape index (κ2) is 14.4. The number of carbonyl (C=O) groups excluding carboxylic acids is 2. The van der Waals surface area contributed by atoms with Gasteiger partial charge in [0.15, 0.2) is 6.10 Å². The number of piperidine rings is 1. The summed E-state index contributed by atoms with van der Waals surface area (Å²) in [4.78, 5) is 28.2. The minimum atomic E-state index is -0.107. The molecule has 0 spiro atoms. The van der Waals surface area contributed by atoms with Crippen LogP contribution in [0.4, 0.5) is 0 Å². The molecule has 10 atom stereocenters. The molecule has 7 heteroatoms. The largest absolute Gasteiger partial charge is 0.461 e. The summed E-state index contributed by atoms with van der Waals surface area (Å²) in [5, 5.41) is 0. The summed E-state index contributed by atoms with van der Waals surface area (Å²) < 4.78 is 14.0. The zero-order valence-corrected chi connectivity index (χ0v) is 31.1. The number of halogens is 1. The van der Waals surface area contributed by atoms with E-state index in [0.29, 0.717) is 36.3 Å². The highest BCUT2D eigenvalue weighted by molar-refractivity contribution is 8.93. The van der Waals surface area contributed by atoms with Gasteiger partial charge in [-0.15, -0.1) is 17.0 Å². The first kappa shape index (κ1) is 35.6. The van der Waals surface area contributed by atoms with Crippen LogP contribution in [-0.4, -0.2) is 78.3 Å². The molecule has 0 aromatic rings. The van der Waals surface area contributed by atoms with Crippen LogP contribution in [0.1, 0.15) is 137 Å². The zero-order chi connectivity index (χ0) is 31.1. The number of likely N-dealkylation sites (N-methyl/N-ethyl adjacent to an activating group) is 1. The number of nitrogens with zero attached hydrogens (tertiary/aromatic N) is 2. The van der Waals surface area contributed by atoms with Gasteiger partial charge in [-0.1, -0.05) is 27.2 Å². The Kier molecular flexibility index (Phi) is 11.4. The average Bonchev–Trinajstić information content (AvgIpc) is 3.14. The molecule has 0 aromatic heterocycles. The maximum atomic E-state index is 13.3. The Balaban J connectivity index is 0.00000400. The van der Waals surface area contributed by atoms with Gasteiger partial charge in [-0.3, -0.25) is 14.5 Å². The van der Waals surface area contributed by atoms with E-state index in [9.17, 15) is 9.59 Å². The van der Waals surface area contributed by atoms with E-state index in [1.54, 1.807) is 6.92 Å². The number of hydrogen-bond acceptors (Lipinski definition) is 5. The van der Waals surface area contributed by atoms with Crippen molar-refractivity contribution in [1.82, 2.24) is 4.90 Å². The Hall–Kier alpha value is -0.660. The fourth-order valence-corrected chi connectivity index (χ4v) is 12.5. The third-order valence-electron chi connectivity index (χ3n) is 14.8. The van der Waals surface area contributed by atoms with Crippen LogP contribution in [0.15, 0.2) is 0 Å². The predicted molar refractivity (Wildman–Crippen MR) is 185 cm³/mol. The fraction of sp³-hybridized carbons (Fsp3) is 0.947. The van der Waals surface area contributed by atoms with Crippen LogP contribution in [-0.2, 0) is 19.1 Å². The molecular formula is C38H66BrN2O4+. The number of hydrogen-bond donors (Lipinski definition) is 0. The molecule has 2 aliphatic heterocycles. The summed E-state index contributed by atoms with van der Waals surface area (Å²) >= 11 is 0. The molecule has 2 saturated heterocycles. The van der Waals surface area contributed by atoms with Gasteiger partial charge in [0.2, 0.25) is 0 Å². The molecule has 2 heterocycles. The van der Waals surface area contributed by atoms with E-state index in [0.717, 1.165) is 38.4 Å². The van der Waals surface area contributed by atoms with E-state index in [-0.39, 0.29) is 52.0 Å². The smallest absolute Gasteiger partial charge is 0.306 e. The van der Waals surface area contributed by atoms with Crippen molar-refractivity contribution in [1.29, 1.82) is 0 Å². The maximum absolute atomic E-state index is 13.3. The molecule has 0 radical (unpaired) electrons. The Bertz CT molecular complexity index is 1030. The number of ether oxygens (including phenoxy) is 2. The van der Waals surface area contributed by atoms with Gasteiger partial charge in [-0.25, -0.2) is 0 Å². The highest BCUT2D eigenvalue weighted by atomic mass is 79.9. The van der Waals surface area contributed by atoms with Crippen LogP contribution in [0.5, 0.6) is 0 Å². The number of likely N-dealkylation sites (tertiary alicyclic amines) is 2. The molecule has 6 fully saturated rings. The lowest BCUT2D eigenvalue weighted by Crippen LogP contribution is -2.62. The molecule has 6 aliphatic rings. The summed E-state index contributed by atoms with van der Waals surface area (Å²) in [5.41, 5.74) is 0.363. The third-order valence-corrected chi connectivity index (χ3v) is 14.8. The standard InChI is InChI=1S/C38H65N2O4.BrH/c1-6-15-35(42)44-36-33(40(7-2)22-13-8-9-14-23-40)25-31-29-17-16-28-24-34(43-27(3)41)32(39-20-11-10-12-21-39)26-38(28,5)30(29)18-19-37(31,36)4;/h28-34,36H,6-26H2,1-5H3;1H/q+1;/t28?,29-,30-,31+,32?,33?,34?,36?,37+,38+;/m1./s1. The fourth-order valence-electron chi connectivity index (χ4n) is 12.5. The zero-order valence-electron chi connectivity index (χ0n) is 29.4. The van der Waals surface area contributed by atoms with Gasteiger partial charge in [0, 0.05) is 31.2 Å². The summed E-state index contributed by atoms with van der Waals surface area (Å²) in [6.07, 6.45) is 19.2. The monoisotopic (exact) mass is 693 g/mol. The van der Waals surface area contributed by atoms with Gasteiger partial charge in [0.25, 0.3) is 0 Å². The molecule has 4 aliphatic carbocycles.